The molecule has 1 aliphatic rings. The molecule has 2 nitrogen and oxygen atoms in total. The molecule has 3 heteroatoms. The quantitative estimate of drug-likeness (QED) is 0.533. The van der Waals surface area contributed by atoms with Crippen molar-refractivity contribution < 1.29 is 5.11 Å². The van der Waals surface area contributed by atoms with Crippen molar-refractivity contribution in [3.63, 3.8) is 0 Å². The minimum absolute atomic E-state index is 0.0931. The zero-order valence-electron chi connectivity index (χ0n) is 17.2. The van der Waals surface area contributed by atoms with Crippen LogP contribution in [-0.4, -0.2) is 18.2 Å². The van der Waals surface area contributed by atoms with E-state index in [2.05, 4.69) is 48.7 Å². The Bertz CT molecular complexity index is 686. The van der Waals surface area contributed by atoms with Crippen molar-refractivity contribution in [1.29, 1.82) is 0 Å². The first-order valence-electron chi connectivity index (χ1n) is 10.8. The van der Waals surface area contributed by atoms with Crippen LogP contribution in [0.25, 0.3) is 0 Å². The molecule has 27 heavy (non-hydrogen) atoms. The summed E-state index contributed by atoms with van der Waals surface area (Å²) in [6, 6.07) is 12.6. The van der Waals surface area contributed by atoms with Crippen molar-refractivity contribution in [3.05, 3.63) is 57.8 Å². The molecule has 0 bridgehead atoms. The second-order valence-corrected chi connectivity index (χ2v) is 9.89. The minimum atomic E-state index is -0.394. The first-order chi connectivity index (χ1) is 13.2. The van der Waals surface area contributed by atoms with Crippen molar-refractivity contribution in [2.45, 2.75) is 71.3 Å². The highest BCUT2D eigenvalue weighted by atomic mass is 32.2. The second kappa shape index (κ2) is 9.86. The lowest BCUT2D eigenvalue weighted by Crippen LogP contribution is -2.22. The molecule has 1 N–H and O–H groups in total. The highest BCUT2D eigenvalue weighted by molar-refractivity contribution is 7.32. The predicted molar refractivity (Wildman–Crippen MR) is 118 cm³/mol. The van der Waals surface area contributed by atoms with E-state index in [1.165, 1.54) is 32.1 Å². The summed E-state index contributed by atoms with van der Waals surface area (Å²) in [4.78, 5) is 1.60. The van der Waals surface area contributed by atoms with E-state index < -0.39 is 6.10 Å². The summed E-state index contributed by atoms with van der Waals surface area (Å²) in [6.45, 7) is 8.92. The van der Waals surface area contributed by atoms with Gasteiger partial charge in [0.25, 0.3) is 0 Å². The van der Waals surface area contributed by atoms with Gasteiger partial charge in [-0.15, -0.1) is 4.31 Å². The molecule has 148 valence electrons. The van der Waals surface area contributed by atoms with Crippen LogP contribution >= 0.6 is 10.7 Å². The van der Waals surface area contributed by atoms with Gasteiger partial charge in [0.15, 0.2) is 10.3 Å². The molecule has 0 saturated heterocycles. The zero-order valence-corrected chi connectivity index (χ0v) is 18.0. The van der Waals surface area contributed by atoms with Gasteiger partial charge < -0.3 is 5.11 Å². The number of aliphatic hydroxyl groups excluding tert-OH is 1. The van der Waals surface area contributed by atoms with Crippen molar-refractivity contribution >= 4 is 10.7 Å². The van der Waals surface area contributed by atoms with Crippen LogP contribution < -0.4 is 4.31 Å². The number of thiophene rings is 1. The summed E-state index contributed by atoms with van der Waals surface area (Å²) in [7, 11) is 0.0931. The maximum Gasteiger partial charge on any atom is 0.176 e. The maximum absolute atomic E-state index is 10.9. The van der Waals surface area contributed by atoms with Crippen LogP contribution in [-0.2, 0) is 6.42 Å². The molecule has 0 spiro atoms. The van der Waals surface area contributed by atoms with Gasteiger partial charge in [0.1, 0.15) is 0 Å². The van der Waals surface area contributed by atoms with Crippen molar-refractivity contribution in [3.8, 4) is 0 Å². The molecular formula is C24H36NOS+. The SMILES string of the molecule is CCN(CC)[s+]1ccc(C2CCCCC2)c1CC(C)C(O)c1ccccc1. The van der Waals surface area contributed by atoms with E-state index in [0.29, 0.717) is 0 Å². The smallest absolute Gasteiger partial charge is 0.176 e. The molecule has 0 aliphatic heterocycles. The van der Waals surface area contributed by atoms with Crippen LogP contribution in [0, 0.1) is 5.92 Å². The molecule has 1 fully saturated rings. The second-order valence-electron chi connectivity index (χ2n) is 7.98. The molecule has 3 atom stereocenters. The molecule has 1 aromatic heterocycles. The highest BCUT2D eigenvalue weighted by Gasteiger charge is 2.32. The van der Waals surface area contributed by atoms with Gasteiger partial charge in [-0.05, 0) is 44.1 Å². The maximum atomic E-state index is 10.9. The first kappa shape index (κ1) is 20.6. The van der Waals surface area contributed by atoms with E-state index >= 15 is 0 Å². The lowest BCUT2D eigenvalue weighted by atomic mass is 9.83. The largest absolute Gasteiger partial charge is 0.388 e. The molecule has 1 aliphatic carbocycles. The highest BCUT2D eigenvalue weighted by Crippen LogP contribution is 2.42. The van der Waals surface area contributed by atoms with Crippen LogP contribution in [0.5, 0.6) is 0 Å². The number of rotatable bonds is 8. The fraction of sp³-hybridized carbons (Fsp3) is 0.583. The molecule has 3 unspecified atom stereocenters. The third-order valence-corrected chi connectivity index (χ3v) is 8.54. The normalized spacial score (nSPS) is 18.6. The summed E-state index contributed by atoms with van der Waals surface area (Å²) < 4.78 is 2.59. The number of hydrogen-bond donors (Lipinski definition) is 1. The Morgan fingerprint density at radius 3 is 2.33 bits per heavy atom. The van der Waals surface area contributed by atoms with E-state index in [9.17, 15) is 5.11 Å². The van der Waals surface area contributed by atoms with Gasteiger partial charge in [-0.2, -0.15) is 0 Å². The first-order valence-corrected chi connectivity index (χ1v) is 12.0. The van der Waals surface area contributed by atoms with Crippen LogP contribution in [0.4, 0.5) is 0 Å². The number of nitrogens with zero attached hydrogens (tertiary/aromatic N) is 1. The Balaban J connectivity index is 1.87. The monoisotopic (exact) mass is 386 g/mol. The molecule has 1 saturated carbocycles. The summed E-state index contributed by atoms with van der Waals surface area (Å²) in [6.07, 6.45) is 7.42. The van der Waals surface area contributed by atoms with Crippen LogP contribution in [0.1, 0.15) is 80.9 Å². The topological polar surface area (TPSA) is 23.5 Å². The third kappa shape index (κ3) is 4.82. The fourth-order valence-corrected chi connectivity index (χ4v) is 6.93. The number of aliphatic hydroxyl groups is 1. The van der Waals surface area contributed by atoms with Crippen molar-refractivity contribution in [2.75, 3.05) is 17.4 Å². The van der Waals surface area contributed by atoms with Crippen molar-refractivity contribution in [1.82, 2.24) is 0 Å². The summed E-state index contributed by atoms with van der Waals surface area (Å²) in [5, 5.41) is 13.4. The number of hydrogen-bond acceptors (Lipinski definition) is 2. The molecule has 2 aromatic rings. The summed E-state index contributed by atoms with van der Waals surface area (Å²) in [5.74, 6) is 0.964. The molecule has 0 radical (unpaired) electrons. The molecule has 1 aromatic carbocycles. The van der Waals surface area contributed by atoms with E-state index in [1.54, 1.807) is 10.4 Å². The Morgan fingerprint density at radius 1 is 1.04 bits per heavy atom. The Morgan fingerprint density at radius 2 is 1.70 bits per heavy atom. The van der Waals surface area contributed by atoms with Crippen LogP contribution in [0.3, 0.4) is 0 Å². The number of benzene rings is 1. The van der Waals surface area contributed by atoms with E-state index in [0.717, 1.165) is 31.0 Å². The molecule has 3 rings (SSSR count). The van der Waals surface area contributed by atoms with Gasteiger partial charge in [0.05, 0.1) is 16.8 Å². The average molecular weight is 387 g/mol. The molecular weight excluding hydrogens is 350 g/mol. The van der Waals surface area contributed by atoms with Crippen LogP contribution in [0.2, 0.25) is 0 Å². The predicted octanol–water partition coefficient (Wildman–Crippen LogP) is 6.37. The standard InChI is InChI=1S/C24H36NOS/c1-4-25(5-2)27-17-16-22(20-12-8-6-9-13-20)23(27)18-19(3)24(26)21-14-10-7-11-15-21/h7,10-11,14-17,19-20,24,26H,4-6,8-9,12-13,18H2,1-3H3/q+1. The van der Waals surface area contributed by atoms with Crippen LogP contribution in [0.15, 0.2) is 41.8 Å². The third-order valence-electron chi connectivity index (χ3n) is 6.17. The van der Waals surface area contributed by atoms with Gasteiger partial charge in [-0.3, -0.25) is 0 Å². The van der Waals surface area contributed by atoms with Crippen molar-refractivity contribution in [2.24, 2.45) is 5.92 Å². The van der Waals surface area contributed by atoms with E-state index in [4.69, 9.17) is 0 Å². The average Bonchev–Trinajstić information content (AvgIpc) is 3.13. The van der Waals surface area contributed by atoms with Gasteiger partial charge in [0, 0.05) is 31.1 Å². The Hall–Kier alpha value is -1.16. The lowest BCUT2D eigenvalue weighted by molar-refractivity contribution is 0.118. The zero-order chi connectivity index (χ0) is 19.2. The molecule has 1 heterocycles. The van der Waals surface area contributed by atoms with Gasteiger partial charge in [0.2, 0.25) is 0 Å². The summed E-state index contributed by atoms with van der Waals surface area (Å²) in [5.41, 5.74) is 2.65. The summed E-state index contributed by atoms with van der Waals surface area (Å²) >= 11 is 0. The Labute approximate surface area is 168 Å². The minimum Gasteiger partial charge on any atom is -0.388 e. The van der Waals surface area contributed by atoms with E-state index in [1.807, 2.05) is 18.2 Å². The van der Waals surface area contributed by atoms with Gasteiger partial charge >= 0.3 is 0 Å². The fourth-order valence-electron chi connectivity index (χ4n) is 4.54. The van der Waals surface area contributed by atoms with Gasteiger partial charge in [-0.25, -0.2) is 0 Å². The van der Waals surface area contributed by atoms with E-state index in [-0.39, 0.29) is 16.6 Å². The molecule has 0 amide bonds. The van der Waals surface area contributed by atoms with Gasteiger partial charge in [-0.1, -0.05) is 56.5 Å². The Kier molecular flexibility index (Phi) is 7.51. The lowest BCUT2D eigenvalue weighted by Gasteiger charge is -2.23.